The van der Waals surface area contributed by atoms with Gasteiger partial charge in [-0.2, -0.15) is 11.8 Å². The van der Waals surface area contributed by atoms with Crippen molar-refractivity contribution in [2.24, 2.45) is 0 Å². The van der Waals surface area contributed by atoms with E-state index in [9.17, 15) is 9.59 Å². The van der Waals surface area contributed by atoms with E-state index in [4.69, 9.17) is 17.2 Å². The summed E-state index contributed by atoms with van der Waals surface area (Å²) in [5, 5.41) is 0. The standard InChI is InChI=1S/C19H20N4O2S3/c1-12(2)23-18(25)14(28-19(23)26)11-13-16(21-7-9-27-10-8-21)20-15-5-3-4-6-22(15)17(13)24/h3-6,11-12H,7-10H2,1-2H3/b14-11+. The van der Waals surface area contributed by atoms with Gasteiger partial charge >= 0.3 is 0 Å². The number of pyridine rings is 1. The van der Waals surface area contributed by atoms with Crippen molar-refractivity contribution in [3.8, 4) is 0 Å². The first-order valence-electron chi connectivity index (χ1n) is 9.08. The van der Waals surface area contributed by atoms with Crippen LogP contribution in [-0.4, -0.2) is 55.1 Å². The number of aromatic nitrogens is 2. The zero-order chi connectivity index (χ0) is 19.8. The van der Waals surface area contributed by atoms with Gasteiger partial charge in [-0.1, -0.05) is 30.0 Å². The van der Waals surface area contributed by atoms with E-state index >= 15 is 0 Å². The van der Waals surface area contributed by atoms with Crippen LogP contribution in [0, 0.1) is 0 Å². The third kappa shape index (κ3) is 3.46. The number of carbonyl (C=O) groups is 1. The minimum absolute atomic E-state index is 0.0205. The fraction of sp³-hybridized carbons (Fsp3) is 0.368. The number of hydrogen-bond donors (Lipinski definition) is 0. The van der Waals surface area contributed by atoms with E-state index in [1.54, 1.807) is 23.2 Å². The number of nitrogens with zero attached hydrogens (tertiary/aromatic N) is 4. The van der Waals surface area contributed by atoms with E-state index in [0.29, 0.717) is 26.3 Å². The van der Waals surface area contributed by atoms with E-state index in [-0.39, 0.29) is 17.5 Å². The molecule has 2 aromatic rings. The van der Waals surface area contributed by atoms with Gasteiger partial charge in [0, 0.05) is 36.8 Å². The van der Waals surface area contributed by atoms with Gasteiger partial charge in [0.25, 0.3) is 11.5 Å². The molecule has 9 heteroatoms. The van der Waals surface area contributed by atoms with E-state index in [2.05, 4.69) is 4.90 Å². The molecule has 2 aliphatic rings. The van der Waals surface area contributed by atoms with Gasteiger partial charge in [0.05, 0.1) is 10.5 Å². The molecule has 4 heterocycles. The summed E-state index contributed by atoms with van der Waals surface area (Å²) in [7, 11) is 0. The van der Waals surface area contributed by atoms with Crippen molar-refractivity contribution < 1.29 is 4.79 Å². The van der Waals surface area contributed by atoms with Gasteiger partial charge in [-0.05, 0) is 32.1 Å². The predicted molar refractivity (Wildman–Crippen MR) is 121 cm³/mol. The SMILES string of the molecule is CC(C)N1C(=O)/C(=C\c2c(N3CCSCC3)nc3ccccn3c2=O)SC1=S. The molecule has 0 N–H and O–H groups in total. The Bertz CT molecular complexity index is 1040. The molecule has 2 saturated heterocycles. The van der Waals surface area contributed by atoms with Crippen LogP contribution >= 0.6 is 35.7 Å². The van der Waals surface area contributed by atoms with Gasteiger partial charge in [-0.25, -0.2) is 4.98 Å². The summed E-state index contributed by atoms with van der Waals surface area (Å²) >= 11 is 8.51. The van der Waals surface area contributed by atoms with Crippen molar-refractivity contribution in [2.45, 2.75) is 19.9 Å². The zero-order valence-electron chi connectivity index (χ0n) is 15.6. The molecule has 2 aliphatic heterocycles. The van der Waals surface area contributed by atoms with Crippen LogP contribution in [-0.2, 0) is 4.79 Å². The first-order chi connectivity index (χ1) is 13.5. The maximum absolute atomic E-state index is 13.3. The fourth-order valence-electron chi connectivity index (χ4n) is 3.29. The second kappa shape index (κ2) is 7.88. The van der Waals surface area contributed by atoms with Gasteiger partial charge < -0.3 is 4.90 Å². The molecule has 0 bridgehead atoms. The summed E-state index contributed by atoms with van der Waals surface area (Å²) in [6, 6.07) is 5.47. The zero-order valence-corrected chi connectivity index (χ0v) is 18.1. The van der Waals surface area contributed by atoms with Crippen LogP contribution in [0.5, 0.6) is 0 Å². The molecule has 0 atom stereocenters. The second-order valence-corrected chi connectivity index (χ2v) is 9.73. The molecular formula is C19H20N4O2S3. The van der Waals surface area contributed by atoms with Crippen molar-refractivity contribution in [1.82, 2.24) is 14.3 Å². The highest BCUT2D eigenvalue weighted by Crippen LogP contribution is 2.34. The monoisotopic (exact) mass is 432 g/mol. The van der Waals surface area contributed by atoms with E-state index < -0.39 is 0 Å². The summed E-state index contributed by atoms with van der Waals surface area (Å²) in [6.07, 6.45) is 3.38. The molecule has 0 saturated carbocycles. The number of thioether (sulfide) groups is 2. The van der Waals surface area contributed by atoms with Crippen LogP contribution in [0.25, 0.3) is 11.7 Å². The minimum Gasteiger partial charge on any atom is -0.354 e. The number of fused-ring (bicyclic) bond motifs is 1. The Morgan fingerprint density at radius 2 is 1.96 bits per heavy atom. The maximum Gasteiger partial charge on any atom is 0.267 e. The summed E-state index contributed by atoms with van der Waals surface area (Å²) in [5.74, 6) is 2.48. The topological polar surface area (TPSA) is 57.9 Å². The number of amides is 1. The summed E-state index contributed by atoms with van der Waals surface area (Å²) in [4.78, 5) is 35.1. The molecular weight excluding hydrogens is 412 g/mol. The van der Waals surface area contributed by atoms with Crippen LogP contribution in [0.4, 0.5) is 5.82 Å². The molecule has 0 unspecified atom stereocenters. The quantitative estimate of drug-likeness (QED) is 0.546. The number of hydrogen-bond acceptors (Lipinski definition) is 7. The summed E-state index contributed by atoms with van der Waals surface area (Å²) < 4.78 is 2.05. The van der Waals surface area contributed by atoms with E-state index in [0.717, 1.165) is 24.6 Å². The Labute approximate surface area is 177 Å². The van der Waals surface area contributed by atoms with Gasteiger partial charge in [0.2, 0.25) is 0 Å². The highest BCUT2D eigenvalue weighted by atomic mass is 32.2. The Morgan fingerprint density at radius 3 is 2.64 bits per heavy atom. The van der Waals surface area contributed by atoms with Crippen molar-refractivity contribution in [1.29, 1.82) is 0 Å². The van der Waals surface area contributed by atoms with E-state index in [1.807, 2.05) is 37.7 Å². The van der Waals surface area contributed by atoms with Crippen LogP contribution in [0.15, 0.2) is 34.1 Å². The summed E-state index contributed by atoms with van der Waals surface area (Å²) in [6.45, 7) is 5.51. The first-order valence-corrected chi connectivity index (χ1v) is 11.5. The third-order valence-electron chi connectivity index (χ3n) is 4.67. The van der Waals surface area contributed by atoms with Gasteiger partial charge in [0.15, 0.2) is 0 Å². The number of rotatable bonds is 3. The van der Waals surface area contributed by atoms with E-state index in [1.165, 1.54) is 16.2 Å². The lowest BCUT2D eigenvalue weighted by Gasteiger charge is -2.28. The lowest BCUT2D eigenvalue weighted by atomic mass is 10.2. The highest BCUT2D eigenvalue weighted by Gasteiger charge is 2.34. The normalized spacial score (nSPS) is 19.5. The lowest BCUT2D eigenvalue weighted by molar-refractivity contribution is -0.123. The number of anilines is 1. The van der Waals surface area contributed by atoms with Crippen LogP contribution in [0.3, 0.4) is 0 Å². The Kier molecular flexibility index (Phi) is 5.48. The molecule has 0 aromatic carbocycles. The molecule has 0 radical (unpaired) electrons. The lowest BCUT2D eigenvalue weighted by Crippen LogP contribution is -2.36. The summed E-state index contributed by atoms with van der Waals surface area (Å²) in [5.41, 5.74) is 0.876. The number of thiocarbonyl (C=S) groups is 1. The average Bonchev–Trinajstić information content (AvgIpc) is 2.98. The Morgan fingerprint density at radius 1 is 1.21 bits per heavy atom. The van der Waals surface area contributed by atoms with Crippen LogP contribution in [0.1, 0.15) is 19.4 Å². The van der Waals surface area contributed by atoms with Crippen molar-refractivity contribution in [3.05, 3.63) is 45.2 Å². The average molecular weight is 433 g/mol. The molecule has 0 spiro atoms. The third-order valence-corrected chi connectivity index (χ3v) is 6.95. The molecule has 0 aliphatic carbocycles. The van der Waals surface area contributed by atoms with Crippen LogP contribution in [0.2, 0.25) is 0 Å². The Hall–Kier alpha value is -1.84. The molecule has 2 fully saturated rings. The van der Waals surface area contributed by atoms with Gasteiger partial charge in [-0.3, -0.25) is 18.9 Å². The van der Waals surface area contributed by atoms with Gasteiger partial charge in [-0.15, -0.1) is 0 Å². The minimum atomic E-state index is -0.173. The Balaban J connectivity index is 1.88. The van der Waals surface area contributed by atoms with Crippen molar-refractivity contribution in [3.63, 3.8) is 0 Å². The first kappa shape index (κ1) is 19.5. The van der Waals surface area contributed by atoms with Crippen LogP contribution < -0.4 is 10.5 Å². The van der Waals surface area contributed by atoms with Gasteiger partial charge in [0.1, 0.15) is 15.8 Å². The smallest absolute Gasteiger partial charge is 0.267 e. The molecule has 4 rings (SSSR count). The largest absolute Gasteiger partial charge is 0.354 e. The molecule has 6 nitrogen and oxygen atoms in total. The predicted octanol–water partition coefficient (Wildman–Crippen LogP) is 2.86. The highest BCUT2D eigenvalue weighted by molar-refractivity contribution is 8.26. The number of carbonyl (C=O) groups excluding carboxylic acids is 1. The molecule has 1 amide bonds. The van der Waals surface area contributed by atoms with Crippen molar-refractivity contribution >= 4 is 63.5 Å². The molecule has 2 aromatic heterocycles. The molecule has 28 heavy (non-hydrogen) atoms. The maximum atomic E-state index is 13.3. The molecule has 146 valence electrons. The fourth-order valence-corrected chi connectivity index (χ4v) is 5.70. The second-order valence-electron chi connectivity index (χ2n) is 6.83. The van der Waals surface area contributed by atoms with Crippen molar-refractivity contribution in [2.75, 3.05) is 29.5 Å².